The quantitative estimate of drug-likeness (QED) is 0.813. The third-order valence-corrected chi connectivity index (χ3v) is 2.61. The second kappa shape index (κ2) is 4.85. The van der Waals surface area contributed by atoms with Crippen LogP contribution in [0.5, 0.6) is 0 Å². The third kappa shape index (κ3) is 2.92. The van der Waals surface area contributed by atoms with E-state index in [2.05, 4.69) is 39.7 Å². The van der Waals surface area contributed by atoms with Gasteiger partial charge in [-0.3, -0.25) is 4.98 Å². The minimum absolute atomic E-state index is 0.422. The van der Waals surface area contributed by atoms with E-state index < -0.39 is 5.60 Å². The number of rotatable bonds is 5. The smallest absolute Gasteiger partial charge is 0.199 e. The van der Waals surface area contributed by atoms with E-state index in [9.17, 15) is 5.11 Å². The zero-order chi connectivity index (χ0) is 13.2. The second-order valence-electron chi connectivity index (χ2n) is 5.19. The largest absolute Gasteiger partial charge is 0.388 e. The molecule has 7 nitrogen and oxygen atoms in total. The molecule has 2 N–H and O–H groups in total. The molecule has 1 unspecified atom stereocenters. The van der Waals surface area contributed by atoms with Gasteiger partial charge in [0.2, 0.25) is 0 Å². The lowest BCUT2D eigenvalue weighted by molar-refractivity contribution is 0.0514. The number of nitrogens with one attached hydrogen (secondary N) is 1. The van der Waals surface area contributed by atoms with Crippen molar-refractivity contribution < 1.29 is 5.11 Å². The van der Waals surface area contributed by atoms with Crippen LogP contribution in [0.15, 0.2) is 12.4 Å². The molecule has 98 valence electrons. The van der Waals surface area contributed by atoms with Gasteiger partial charge in [0.05, 0.1) is 18.0 Å². The van der Waals surface area contributed by atoms with E-state index in [1.807, 2.05) is 6.92 Å². The van der Waals surface area contributed by atoms with Crippen LogP contribution in [-0.4, -0.2) is 42.3 Å². The number of nitrogens with zero attached hydrogens (tertiary/aromatic N) is 5. The predicted molar refractivity (Wildman–Crippen MR) is 67.1 cm³/mol. The van der Waals surface area contributed by atoms with Gasteiger partial charge in [0, 0.05) is 6.54 Å². The first-order valence-electron chi connectivity index (χ1n) is 5.96. The lowest BCUT2D eigenvalue weighted by Gasteiger charge is -2.25. The van der Waals surface area contributed by atoms with Crippen molar-refractivity contribution in [3.8, 4) is 0 Å². The van der Waals surface area contributed by atoms with Crippen molar-refractivity contribution in [3.63, 3.8) is 0 Å². The Morgan fingerprint density at radius 2 is 2.22 bits per heavy atom. The molecule has 0 saturated carbocycles. The molecule has 2 heterocycles. The SMILES string of the molecule is CC(C)CC(C)(O)CNc1cncc2nnnn12. The monoisotopic (exact) mass is 250 g/mol. The number of tetrazole rings is 1. The third-order valence-electron chi connectivity index (χ3n) is 2.61. The lowest BCUT2D eigenvalue weighted by Crippen LogP contribution is -2.35. The summed E-state index contributed by atoms with van der Waals surface area (Å²) in [5.41, 5.74) is -0.201. The summed E-state index contributed by atoms with van der Waals surface area (Å²) in [7, 11) is 0. The molecule has 0 spiro atoms. The van der Waals surface area contributed by atoms with Gasteiger partial charge in [0.25, 0.3) is 0 Å². The Kier molecular flexibility index (Phi) is 3.42. The molecule has 7 heteroatoms. The Bertz CT molecular complexity index is 521. The highest BCUT2D eigenvalue weighted by Gasteiger charge is 2.22. The van der Waals surface area contributed by atoms with Crippen LogP contribution in [-0.2, 0) is 0 Å². The van der Waals surface area contributed by atoms with E-state index in [-0.39, 0.29) is 0 Å². The van der Waals surface area contributed by atoms with Gasteiger partial charge in [-0.05, 0) is 29.7 Å². The summed E-state index contributed by atoms with van der Waals surface area (Å²) >= 11 is 0. The summed E-state index contributed by atoms with van der Waals surface area (Å²) in [6, 6.07) is 0. The number of anilines is 1. The van der Waals surface area contributed by atoms with Crippen molar-refractivity contribution in [2.24, 2.45) is 5.92 Å². The molecule has 0 aliphatic heterocycles. The molecule has 0 amide bonds. The van der Waals surface area contributed by atoms with Crippen LogP contribution in [0.25, 0.3) is 5.65 Å². The molecule has 1 atom stereocenters. The van der Waals surface area contributed by atoms with Crippen LogP contribution in [0, 0.1) is 5.92 Å². The van der Waals surface area contributed by atoms with Crippen LogP contribution < -0.4 is 5.32 Å². The summed E-state index contributed by atoms with van der Waals surface area (Å²) in [6.07, 6.45) is 3.94. The molecule has 0 bridgehead atoms. The number of aliphatic hydroxyl groups is 1. The molecule has 18 heavy (non-hydrogen) atoms. The molecule has 0 aromatic carbocycles. The first-order valence-corrected chi connectivity index (χ1v) is 5.96. The number of hydrogen-bond acceptors (Lipinski definition) is 6. The average Bonchev–Trinajstić information content (AvgIpc) is 2.72. The van der Waals surface area contributed by atoms with Gasteiger partial charge in [-0.1, -0.05) is 13.8 Å². The first kappa shape index (κ1) is 12.7. The maximum atomic E-state index is 10.2. The van der Waals surface area contributed by atoms with E-state index in [1.54, 1.807) is 16.9 Å². The molecule has 0 aliphatic rings. The van der Waals surface area contributed by atoms with Crippen LogP contribution >= 0.6 is 0 Å². The van der Waals surface area contributed by atoms with Crippen LogP contribution in [0.3, 0.4) is 0 Å². The van der Waals surface area contributed by atoms with Crippen molar-refractivity contribution >= 4 is 11.5 Å². The highest BCUT2D eigenvalue weighted by Crippen LogP contribution is 2.17. The van der Waals surface area contributed by atoms with Crippen LogP contribution in [0.4, 0.5) is 5.82 Å². The molecular weight excluding hydrogens is 232 g/mol. The highest BCUT2D eigenvalue weighted by molar-refractivity contribution is 5.43. The van der Waals surface area contributed by atoms with Gasteiger partial charge in [0.15, 0.2) is 11.5 Å². The molecule has 0 radical (unpaired) electrons. The Hall–Kier alpha value is -1.76. The van der Waals surface area contributed by atoms with Crippen molar-refractivity contribution in [2.45, 2.75) is 32.8 Å². The average molecular weight is 250 g/mol. The van der Waals surface area contributed by atoms with Gasteiger partial charge < -0.3 is 10.4 Å². The Morgan fingerprint density at radius 1 is 1.44 bits per heavy atom. The number of aromatic nitrogens is 5. The maximum absolute atomic E-state index is 10.2. The number of fused-ring (bicyclic) bond motifs is 1. The molecule has 0 fully saturated rings. The molecule has 2 aromatic heterocycles. The van der Waals surface area contributed by atoms with Crippen LogP contribution in [0.1, 0.15) is 27.2 Å². The fourth-order valence-electron chi connectivity index (χ4n) is 2.03. The normalized spacial score (nSPS) is 14.9. The van der Waals surface area contributed by atoms with E-state index >= 15 is 0 Å². The minimum atomic E-state index is -0.773. The molecule has 0 saturated heterocycles. The van der Waals surface area contributed by atoms with E-state index in [0.717, 1.165) is 6.42 Å². The van der Waals surface area contributed by atoms with E-state index in [4.69, 9.17) is 0 Å². The summed E-state index contributed by atoms with van der Waals surface area (Å²) < 4.78 is 1.55. The molecule has 2 aromatic rings. The van der Waals surface area contributed by atoms with Gasteiger partial charge in [-0.2, -0.15) is 4.52 Å². The van der Waals surface area contributed by atoms with Gasteiger partial charge in [-0.25, -0.2) is 0 Å². The Labute approximate surface area is 105 Å². The molecular formula is C11H18N6O. The van der Waals surface area contributed by atoms with E-state index in [1.165, 1.54) is 0 Å². The minimum Gasteiger partial charge on any atom is -0.388 e. The standard InChI is InChI=1S/C11H18N6O/c1-8(2)4-11(3,18)7-13-9-5-12-6-10-14-15-16-17(9)10/h5-6,8,13,18H,4,7H2,1-3H3. The van der Waals surface area contributed by atoms with Crippen molar-refractivity contribution in [1.82, 2.24) is 25.0 Å². The molecule has 0 aliphatic carbocycles. The van der Waals surface area contributed by atoms with Crippen LogP contribution in [0.2, 0.25) is 0 Å². The summed E-state index contributed by atoms with van der Waals surface area (Å²) in [4.78, 5) is 4.04. The zero-order valence-electron chi connectivity index (χ0n) is 10.8. The lowest BCUT2D eigenvalue weighted by atomic mass is 9.94. The Morgan fingerprint density at radius 3 is 2.94 bits per heavy atom. The Balaban J connectivity index is 2.08. The number of hydrogen-bond donors (Lipinski definition) is 2. The molecule has 2 rings (SSSR count). The van der Waals surface area contributed by atoms with Crippen molar-refractivity contribution in [2.75, 3.05) is 11.9 Å². The fourth-order valence-corrected chi connectivity index (χ4v) is 2.03. The topological polar surface area (TPSA) is 88.2 Å². The zero-order valence-corrected chi connectivity index (χ0v) is 10.8. The van der Waals surface area contributed by atoms with E-state index in [0.29, 0.717) is 23.9 Å². The van der Waals surface area contributed by atoms with Crippen molar-refractivity contribution in [3.05, 3.63) is 12.4 Å². The predicted octanol–water partition coefficient (Wildman–Crippen LogP) is 0.728. The van der Waals surface area contributed by atoms with Gasteiger partial charge in [0.1, 0.15) is 0 Å². The van der Waals surface area contributed by atoms with Gasteiger partial charge in [-0.15, -0.1) is 5.10 Å². The summed E-state index contributed by atoms with van der Waals surface area (Å²) in [6.45, 7) is 6.40. The first-order chi connectivity index (χ1) is 8.48. The summed E-state index contributed by atoms with van der Waals surface area (Å²) in [5, 5.41) is 24.6. The highest BCUT2D eigenvalue weighted by atomic mass is 16.3. The maximum Gasteiger partial charge on any atom is 0.199 e. The second-order valence-corrected chi connectivity index (χ2v) is 5.19. The fraction of sp³-hybridized carbons (Fsp3) is 0.636. The summed E-state index contributed by atoms with van der Waals surface area (Å²) in [5.74, 6) is 1.10. The van der Waals surface area contributed by atoms with Crippen molar-refractivity contribution in [1.29, 1.82) is 0 Å². The van der Waals surface area contributed by atoms with Gasteiger partial charge >= 0.3 is 0 Å².